The molecule has 0 fully saturated rings. The van der Waals surface area contributed by atoms with Gasteiger partial charge in [-0.25, -0.2) is 27.8 Å². The fourth-order valence-electron chi connectivity index (χ4n) is 3.44. The Morgan fingerprint density at radius 2 is 1.81 bits per heavy atom. The van der Waals surface area contributed by atoms with Gasteiger partial charge < -0.3 is 15.1 Å². The average Bonchev–Trinajstić information content (AvgIpc) is 3.30. The Bertz CT molecular complexity index is 1600. The SMILES string of the molecule is CS(=O)(Cc1ccnc(Nc2cc(-c3ccc(F)c4ccoc34)c(F)cn2)c1)=NC(=O)NCC(F)(F)F. The smallest absolute Gasteiger partial charge is 0.405 e. The summed E-state index contributed by atoms with van der Waals surface area (Å²) in [5, 5.41) is 4.61. The van der Waals surface area contributed by atoms with Gasteiger partial charge in [-0.3, -0.25) is 0 Å². The third kappa shape index (κ3) is 6.58. The van der Waals surface area contributed by atoms with Crippen molar-refractivity contribution >= 4 is 38.4 Å². The molecule has 3 heterocycles. The number of carbonyl (C=O) groups excluding carboxylic acids is 1. The lowest BCUT2D eigenvalue weighted by Gasteiger charge is -2.11. The van der Waals surface area contributed by atoms with E-state index >= 15 is 0 Å². The molecule has 8 nitrogen and oxygen atoms in total. The number of aromatic nitrogens is 2. The van der Waals surface area contributed by atoms with Crippen LogP contribution in [0.25, 0.3) is 22.1 Å². The predicted molar refractivity (Wildman–Crippen MR) is 127 cm³/mol. The average molecular weight is 539 g/mol. The highest BCUT2D eigenvalue weighted by atomic mass is 32.2. The second-order valence-electron chi connectivity index (χ2n) is 7.95. The summed E-state index contributed by atoms with van der Waals surface area (Å²) in [5.74, 6) is -1.04. The van der Waals surface area contributed by atoms with Gasteiger partial charge in [0.15, 0.2) is 0 Å². The summed E-state index contributed by atoms with van der Waals surface area (Å²) in [6.45, 7) is -1.59. The summed E-state index contributed by atoms with van der Waals surface area (Å²) in [7, 11) is -3.22. The number of hydrogen-bond donors (Lipinski definition) is 2. The largest absolute Gasteiger partial charge is 0.464 e. The molecule has 14 heteroatoms. The van der Waals surface area contributed by atoms with Crippen LogP contribution in [0.15, 0.2) is 63.8 Å². The van der Waals surface area contributed by atoms with Crippen molar-refractivity contribution in [3.63, 3.8) is 0 Å². The van der Waals surface area contributed by atoms with Gasteiger partial charge in [0.25, 0.3) is 0 Å². The Hall–Kier alpha value is -4.07. The van der Waals surface area contributed by atoms with Crippen LogP contribution < -0.4 is 10.6 Å². The summed E-state index contributed by atoms with van der Waals surface area (Å²) in [6, 6.07) is 7.01. The number of amides is 2. The van der Waals surface area contributed by atoms with Gasteiger partial charge >= 0.3 is 12.2 Å². The summed E-state index contributed by atoms with van der Waals surface area (Å²) < 4.78 is 86.7. The van der Waals surface area contributed by atoms with E-state index in [9.17, 15) is 31.0 Å². The molecule has 2 N–H and O–H groups in total. The molecule has 0 saturated heterocycles. The Morgan fingerprint density at radius 1 is 1.05 bits per heavy atom. The van der Waals surface area contributed by atoms with E-state index in [1.165, 1.54) is 48.9 Å². The topological polar surface area (TPSA) is 109 Å². The molecule has 3 aromatic heterocycles. The third-order valence-corrected chi connectivity index (χ3v) is 6.36. The first-order chi connectivity index (χ1) is 17.4. The molecular formula is C23H18F5N5O3S. The first-order valence-electron chi connectivity index (χ1n) is 10.5. The van der Waals surface area contributed by atoms with Crippen LogP contribution in [0.2, 0.25) is 0 Å². The van der Waals surface area contributed by atoms with Crippen LogP contribution in [0.3, 0.4) is 0 Å². The van der Waals surface area contributed by atoms with E-state index in [1.54, 1.807) is 5.32 Å². The molecule has 37 heavy (non-hydrogen) atoms. The van der Waals surface area contributed by atoms with Crippen LogP contribution in [0, 0.1) is 11.6 Å². The predicted octanol–water partition coefficient (Wildman–Crippen LogP) is 5.78. The number of pyridine rings is 2. The van der Waals surface area contributed by atoms with E-state index in [2.05, 4.69) is 19.6 Å². The number of nitrogens with zero attached hydrogens (tertiary/aromatic N) is 3. The lowest BCUT2D eigenvalue weighted by Crippen LogP contribution is -2.32. The van der Waals surface area contributed by atoms with E-state index in [0.29, 0.717) is 11.1 Å². The lowest BCUT2D eigenvalue weighted by molar-refractivity contribution is -0.122. The minimum Gasteiger partial charge on any atom is -0.464 e. The molecule has 1 atom stereocenters. The van der Waals surface area contributed by atoms with Crippen LogP contribution in [0.4, 0.5) is 38.4 Å². The van der Waals surface area contributed by atoms with Crippen molar-refractivity contribution in [1.82, 2.24) is 15.3 Å². The van der Waals surface area contributed by atoms with E-state index in [0.717, 1.165) is 12.5 Å². The quantitative estimate of drug-likeness (QED) is 0.301. The normalized spacial score (nSPS) is 13.2. The minimum atomic E-state index is -4.62. The van der Waals surface area contributed by atoms with Crippen molar-refractivity contribution < 1.29 is 35.4 Å². The molecule has 4 rings (SSSR count). The maximum atomic E-state index is 14.6. The zero-order valence-electron chi connectivity index (χ0n) is 19.0. The van der Waals surface area contributed by atoms with Crippen LogP contribution in [-0.2, 0) is 15.5 Å². The molecule has 4 aromatic rings. The second-order valence-corrected chi connectivity index (χ2v) is 10.3. The molecule has 0 aliphatic rings. The highest BCUT2D eigenvalue weighted by Gasteiger charge is 2.27. The number of urea groups is 1. The fourth-order valence-corrected chi connectivity index (χ4v) is 4.72. The van der Waals surface area contributed by atoms with E-state index < -0.39 is 40.1 Å². The molecule has 0 saturated carbocycles. The molecule has 194 valence electrons. The van der Waals surface area contributed by atoms with Crippen molar-refractivity contribution in [2.75, 3.05) is 18.1 Å². The van der Waals surface area contributed by atoms with Gasteiger partial charge in [-0.1, -0.05) is 0 Å². The molecule has 0 spiro atoms. The van der Waals surface area contributed by atoms with E-state index in [-0.39, 0.29) is 33.9 Å². The van der Waals surface area contributed by atoms with Gasteiger partial charge in [-0.15, -0.1) is 4.36 Å². The van der Waals surface area contributed by atoms with Gasteiger partial charge in [0.1, 0.15) is 35.4 Å². The molecule has 0 aliphatic carbocycles. The fraction of sp³-hybridized carbons (Fsp3) is 0.174. The summed E-state index contributed by atoms with van der Waals surface area (Å²) >= 11 is 0. The van der Waals surface area contributed by atoms with Gasteiger partial charge in [0.2, 0.25) is 0 Å². The number of anilines is 2. The Kier molecular flexibility index (Phi) is 7.12. The monoisotopic (exact) mass is 539 g/mol. The van der Waals surface area contributed by atoms with Crippen LogP contribution >= 0.6 is 0 Å². The molecule has 0 bridgehead atoms. The molecule has 2 amide bonds. The van der Waals surface area contributed by atoms with Gasteiger partial charge in [0.05, 0.1) is 33.3 Å². The number of halogens is 5. The molecule has 1 unspecified atom stereocenters. The van der Waals surface area contributed by atoms with Gasteiger partial charge in [0, 0.05) is 23.6 Å². The van der Waals surface area contributed by atoms with E-state index in [1.807, 2.05) is 0 Å². The number of nitrogens with one attached hydrogen (secondary N) is 2. The number of alkyl halides is 3. The highest BCUT2D eigenvalue weighted by molar-refractivity contribution is 7.92. The standard InChI is InChI=1S/C23H18F5N5O3S/c1-37(35,33-22(34)31-12-23(26,27)28)11-13-4-6-29-19(8-13)32-20-9-16(18(25)10-30-20)14-2-3-17(24)15-5-7-36-21(14)15/h2-10H,11-12H2,1H3,(H,31,34)(H,29,30,32). The lowest BCUT2D eigenvalue weighted by atomic mass is 10.0. The number of fused-ring (bicyclic) bond motifs is 1. The first kappa shape index (κ1) is 26.0. The van der Waals surface area contributed by atoms with Crippen molar-refractivity contribution in [1.29, 1.82) is 0 Å². The van der Waals surface area contributed by atoms with Gasteiger partial charge in [-0.2, -0.15) is 13.2 Å². The maximum Gasteiger partial charge on any atom is 0.405 e. The van der Waals surface area contributed by atoms with Crippen molar-refractivity contribution in [2.45, 2.75) is 11.9 Å². The molecular weight excluding hydrogens is 521 g/mol. The summed E-state index contributed by atoms with van der Waals surface area (Å²) in [6.07, 6.45) is 0.146. The maximum absolute atomic E-state index is 14.6. The highest BCUT2D eigenvalue weighted by Crippen LogP contribution is 2.33. The van der Waals surface area contributed by atoms with Crippen molar-refractivity contribution in [3.8, 4) is 11.1 Å². The molecule has 1 aromatic carbocycles. The summed E-state index contributed by atoms with van der Waals surface area (Å²) in [5.41, 5.74) is 0.975. The Labute approximate surface area is 207 Å². The molecule has 0 radical (unpaired) electrons. The Balaban J connectivity index is 1.54. The number of benzene rings is 1. The minimum absolute atomic E-state index is 0.0915. The van der Waals surface area contributed by atoms with Crippen molar-refractivity contribution in [3.05, 3.63) is 72.3 Å². The number of rotatable bonds is 6. The number of hydrogen-bond acceptors (Lipinski definition) is 6. The number of carbonyl (C=O) groups is 1. The number of furan rings is 1. The van der Waals surface area contributed by atoms with Crippen LogP contribution in [0.1, 0.15) is 5.56 Å². The van der Waals surface area contributed by atoms with E-state index in [4.69, 9.17) is 4.42 Å². The first-order valence-corrected chi connectivity index (χ1v) is 12.6. The third-order valence-electron chi connectivity index (χ3n) is 4.94. The summed E-state index contributed by atoms with van der Waals surface area (Å²) in [4.78, 5) is 19.7. The zero-order valence-corrected chi connectivity index (χ0v) is 19.8. The zero-order chi connectivity index (χ0) is 26.8. The second kappa shape index (κ2) is 10.1. The Morgan fingerprint density at radius 3 is 2.57 bits per heavy atom. The van der Waals surface area contributed by atoms with Crippen molar-refractivity contribution in [2.24, 2.45) is 4.36 Å². The van der Waals surface area contributed by atoms with Gasteiger partial charge in [-0.05, 0) is 42.0 Å². The van der Waals surface area contributed by atoms with Crippen LogP contribution in [-0.4, -0.2) is 39.2 Å². The van der Waals surface area contributed by atoms with Crippen LogP contribution in [0.5, 0.6) is 0 Å². The molecule has 0 aliphatic heterocycles.